The normalized spacial score (nSPS) is 12.4. The van der Waals surface area contributed by atoms with Crippen molar-refractivity contribution in [2.24, 2.45) is 5.92 Å². The second kappa shape index (κ2) is 13.7. The summed E-state index contributed by atoms with van der Waals surface area (Å²) in [5, 5.41) is 3.41. The van der Waals surface area contributed by atoms with E-state index in [2.05, 4.69) is 5.32 Å². The van der Waals surface area contributed by atoms with Gasteiger partial charge in [0.05, 0.1) is 11.4 Å². The van der Waals surface area contributed by atoms with Crippen molar-refractivity contribution in [2.45, 2.75) is 44.7 Å². The maximum Gasteiger partial charge on any atom is 0.243 e. The van der Waals surface area contributed by atoms with Gasteiger partial charge in [-0.2, -0.15) is 4.31 Å². The number of carbonyl (C=O) groups excluding carboxylic acids is 2. The fourth-order valence-corrected chi connectivity index (χ4v) is 5.36. The summed E-state index contributed by atoms with van der Waals surface area (Å²) in [4.78, 5) is 28.9. The molecule has 0 unspecified atom stereocenters. The van der Waals surface area contributed by atoms with E-state index >= 15 is 0 Å². The highest BCUT2D eigenvalue weighted by atomic mass is 35.5. The molecule has 1 N–H and O–H groups in total. The molecule has 2 amide bonds. The number of rotatable bonds is 12. The first-order chi connectivity index (χ1) is 18.5. The van der Waals surface area contributed by atoms with E-state index in [1.807, 2.05) is 57.2 Å². The molecule has 0 heterocycles. The summed E-state index contributed by atoms with van der Waals surface area (Å²) in [6.07, 6.45) is 0.259. The van der Waals surface area contributed by atoms with E-state index in [-0.39, 0.29) is 29.7 Å². The average molecular weight is 570 g/mol. The molecule has 0 bridgehead atoms. The number of hydrogen-bond donors (Lipinski definition) is 1. The molecule has 0 saturated heterocycles. The van der Waals surface area contributed by atoms with Gasteiger partial charge in [0.1, 0.15) is 6.04 Å². The molecule has 0 saturated carbocycles. The predicted octanol–water partition coefficient (Wildman–Crippen LogP) is 4.68. The van der Waals surface area contributed by atoms with Crippen LogP contribution in [0.5, 0.6) is 0 Å². The molecular weight excluding hydrogens is 534 g/mol. The van der Waals surface area contributed by atoms with E-state index in [1.54, 1.807) is 30.3 Å². The van der Waals surface area contributed by atoms with Crippen LogP contribution in [-0.4, -0.2) is 55.6 Å². The summed E-state index contributed by atoms with van der Waals surface area (Å²) >= 11 is 6.45. The van der Waals surface area contributed by atoms with Gasteiger partial charge in [-0.05, 0) is 42.2 Å². The van der Waals surface area contributed by atoms with Gasteiger partial charge in [-0.25, -0.2) is 8.42 Å². The quantitative estimate of drug-likeness (QED) is 0.343. The van der Waals surface area contributed by atoms with Crippen LogP contribution in [-0.2, 0) is 32.6 Å². The summed E-state index contributed by atoms with van der Waals surface area (Å²) in [5.74, 6) is -0.601. The largest absolute Gasteiger partial charge is 0.354 e. The van der Waals surface area contributed by atoms with Gasteiger partial charge in [-0.3, -0.25) is 9.59 Å². The second-order valence-electron chi connectivity index (χ2n) is 10.0. The molecule has 0 aromatic heterocycles. The second-order valence-corrected chi connectivity index (χ2v) is 12.5. The van der Waals surface area contributed by atoms with Gasteiger partial charge in [0, 0.05) is 31.6 Å². The number of amides is 2. The lowest BCUT2D eigenvalue weighted by Gasteiger charge is -2.33. The lowest BCUT2D eigenvalue weighted by Crippen LogP contribution is -2.53. The van der Waals surface area contributed by atoms with Crippen molar-refractivity contribution in [1.82, 2.24) is 14.5 Å². The van der Waals surface area contributed by atoms with Crippen molar-refractivity contribution in [1.29, 1.82) is 0 Å². The SMILES string of the molecule is Cc1ccc(S(=O)(=O)N(C)CC(=O)N(Cc2ccccc2Cl)[C@@H](Cc2ccccc2)C(=O)NCC(C)C)cc1. The minimum absolute atomic E-state index is 0.0452. The topological polar surface area (TPSA) is 86.8 Å². The average Bonchev–Trinajstić information content (AvgIpc) is 2.91. The number of halogens is 1. The van der Waals surface area contributed by atoms with E-state index < -0.39 is 28.5 Å². The minimum atomic E-state index is -3.93. The van der Waals surface area contributed by atoms with E-state index in [0.717, 1.165) is 15.4 Å². The Balaban J connectivity index is 1.97. The van der Waals surface area contributed by atoms with Gasteiger partial charge in [0.2, 0.25) is 21.8 Å². The first-order valence-electron chi connectivity index (χ1n) is 12.9. The van der Waals surface area contributed by atoms with Crippen LogP contribution in [0.1, 0.15) is 30.5 Å². The smallest absolute Gasteiger partial charge is 0.243 e. The van der Waals surface area contributed by atoms with E-state index in [0.29, 0.717) is 17.1 Å². The summed E-state index contributed by atoms with van der Waals surface area (Å²) in [7, 11) is -2.57. The van der Waals surface area contributed by atoms with Crippen molar-refractivity contribution < 1.29 is 18.0 Å². The Morgan fingerprint density at radius 2 is 1.54 bits per heavy atom. The molecule has 0 aliphatic rings. The molecule has 0 aliphatic carbocycles. The fourth-order valence-electron chi connectivity index (χ4n) is 4.04. The fraction of sp³-hybridized carbons (Fsp3) is 0.333. The molecule has 0 spiro atoms. The number of nitrogens with zero attached hydrogens (tertiary/aromatic N) is 2. The molecule has 0 radical (unpaired) electrons. The van der Waals surface area contributed by atoms with Crippen LogP contribution < -0.4 is 5.32 Å². The van der Waals surface area contributed by atoms with Crippen LogP contribution in [0.3, 0.4) is 0 Å². The van der Waals surface area contributed by atoms with Crippen molar-refractivity contribution in [2.75, 3.05) is 20.1 Å². The van der Waals surface area contributed by atoms with Crippen LogP contribution in [0.2, 0.25) is 5.02 Å². The molecule has 9 heteroatoms. The summed E-state index contributed by atoms with van der Waals surface area (Å²) in [5.41, 5.74) is 2.46. The molecule has 3 aromatic carbocycles. The molecule has 0 fully saturated rings. The van der Waals surface area contributed by atoms with Crippen molar-refractivity contribution in [3.05, 3.63) is 101 Å². The maximum absolute atomic E-state index is 13.9. The number of carbonyl (C=O) groups is 2. The highest BCUT2D eigenvalue weighted by molar-refractivity contribution is 7.89. The predicted molar refractivity (Wildman–Crippen MR) is 155 cm³/mol. The zero-order chi connectivity index (χ0) is 28.6. The first kappa shape index (κ1) is 30.3. The Morgan fingerprint density at radius 3 is 2.15 bits per heavy atom. The molecule has 208 valence electrons. The van der Waals surface area contributed by atoms with Crippen LogP contribution in [0.4, 0.5) is 0 Å². The number of sulfonamides is 1. The van der Waals surface area contributed by atoms with Gasteiger partial charge in [-0.1, -0.05) is 91.7 Å². The standard InChI is InChI=1S/C30H36ClN3O4S/c1-22(2)19-32-30(36)28(18-24-10-6-5-7-11-24)34(20-25-12-8-9-13-27(25)31)29(35)21-33(4)39(37,38)26-16-14-23(3)15-17-26/h5-17,22,28H,18-21H2,1-4H3,(H,32,36)/t28-/m0/s1. The Hall–Kier alpha value is -3.20. The number of aryl methyl sites for hydroxylation is 1. The summed E-state index contributed by atoms with van der Waals surface area (Å²) in [6.45, 7) is 5.90. The zero-order valence-corrected chi connectivity index (χ0v) is 24.4. The molecule has 1 atom stereocenters. The summed E-state index contributed by atoms with van der Waals surface area (Å²) < 4.78 is 27.5. The first-order valence-corrected chi connectivity index (χ1v) is 14.7. The van der Waals surface area contributed by atoms with E-state index in [1.165, 1.54) is 24.1 Å². The van der Waals surface area contributed by atoms with Crippen molar-refractivity contribution in [3.8, 4) is 0 Å². The van der Waals surface area contributed by atoms with Crippen LogP contribution in [0.15, 0.2) is 83.8 Å². The highest BCUT2D eigenvalue weighted by Crippen LogP contribution is 2.22. The number of nitrogens with one attached hydrogen (secondary N) is 1. The summed E-state index contributed by atoms with van der Waals surface area (Å²) in [6, 6.07) is 22.1. The van der Waals surface area contributed by atoms with Crippen LogP contribution >= 0.6 is 11.6 Å². The van der Waals surface area contributed by atoms with Gasteiger partial charge in [-0.15, -0.1) is 0 Å². The molecule has 3 rings (SSSR count). The molecule has 39 heavy (non-hydrogen) atoms. The Bertz CT molecular complexity index is 1360. The van der Waals surface area contributed by atoms with Gasteiger partial charge in [0.25, 0.3) is 0 Å². The van der Waals surface area contributed by atoms with Crippen LogP contribution in [0.25, 0.3) is 0 Å². The third kappa shape index (κ3) is 8.39. The number of likely N-dealkylation sites (N-methyl/N-ethyl adjacent to an activating group) is 1. The lowest BCUT2D eigenvalue weighted by atomic mass is 10.0. The van der Waals surface area contributed by atoms with E-state index in [9.17, 15) is 18.0 Å². The van der Waals surface area contributed by atoms with Gasteiger partial charge >= 0.3 is 0 Å². The molecular formula is C30H36ClN3O4S. The lowest BCUT2D eigenvalue weighted by molar-refractivity contribution is -0.141. The van der Waals surface area contributed by atoms with Crippen molar-refractivity contribution >= 4 is 33.4 Å². The van der Waals surface area contributed by atoms with Crippen LogP contribution in [0, 0.1) is 12.8 Å². The van der Waals surface area contributed by atoms with Gasteiger partial charge in [0.15, 0.2) is 0 Å². The van der Waals surface area contributed by atoms with Crippen molar-refractivity contribution in [3.63, 3.8) is 0 Å². The third-order valence-electron chi connectivity index (χ3n) is 6.34. The monoisotopic (exact) mass is 569 g/mol. The Labute approximate surface area is 236 Å². The molecule has 0 aliphatic heterocycles. The minimum Gasteiger partial charge on any atom is -0.354 e. The number of hydrogen-bond acceptors (Lipinski definition) is 4. The zero-order valence-electron chi connectivity index (χ0n) is 22.8. The van der Waals surface area contributed by atoms with E-state index in [4.69, 9.17) is 11.6 Å². The molecule has 3 aromatic rings. The highest BCUT2D eigenvalue weighted by Gasteiger charge is 2.33. The third-order valence-corrected chi connectivity index (χ3v) is 8.53. The molecule has 7 nitrogen and oxygen atoms in total. The Kier molecular flexibility index (Phi) is 10.7. The van der Waals surface area contributed by atoms with Gasteiger partial charge < -0.3 is 10.2 Å². The maximum atomic E-state index is 13.9. The number of benzene rings is 3. The Morgan fingerprint density at radius 1 is 0.923 bits per heavy atom.